The van der Waals surface area contributed by atoms with Crippen molar-refractivity contribution in [2.75, 3.05) is 49.6 Å². The summed E-state index contributed by atoms with van der Waals surface area (Å²) in [5, 5.41) is 78.4. The summed E-state index contributed by atoms with van der Waals surface area (Å²) in [6.45, 7) is 0. The third-order valence-electron chi connectivity index (χ3n) is 16.7. The van der Waals surface area contributed by atoms with Gasteiger partial charge >= 0.3 is 52.7 Å². The first kappa shape index (κ1) is 104. The number of H-pyrrole nitrogens is 4. The van der Waals surface area contributed by atoms with Gasteiger partial charge in [-0.2, -0.15) is 24.6 Å². The molecule has 4 aromatic heterocycles. The molecule has 51 heteroatoms. The van der Waals surface area contributed by atoms with Crippen molar-refractivity contribution in [1.29, 1.82) is 15.8 Å². The number of carboxylic acid groups (broad SMARTS) is 2. The monoisotopic (exact) mass is 1850 g/mol. The molecule has 684 valence electrons. The number of amides is 6. The lowest BCUT2D eigenvalue weighted by atomic mass is 9.96. The maximum atomic E-state index is 12.8. The second kappa shape index (κ2) is 48.4. The van der Waals surface area contributed by atoms with Gasteiger partial charge in [0.25, 0.3) is 23.4 Å². The smallest absolute Gasteiger partial charge is 0.417 e. The van der Waals surface area contributed by atoms with Gasteiger partial charge in [-0.05, 0) is 121 Å². The molecule has 4 heterocycles. The number of aliphatic imine (C=N–C) groups is 1. The number of fused-ring (bicyclic) bond motifs is 4. The molecule has 13 rings (SSSR count). The zero-order valence-electron chi connectivity index (χ0n) is 68.2. The van der Waals surface area contributed by atoms with Crippen LogP contribution in [-0.4, -0.2) is 144 Å². The number of primary amides is 5. The summed E-state index contributed by atoms with van der Waals surface area (Å²) < 4.78 is 48.4. The summed E-state index contributed by atoms with van der Waals surface area (Å²) in [5.41, 5.74) is 51.2. The molecule has 0 bridgehead atoms. The number of benzene rings is 9. The minimum Gasteiger partial charge on any atom is -0.478 e. The van der Waals surface area contributed by atoms with Crippen LogP contribution in [0.15, 0.2) is 193 Å². The van der Waals surface area contributed by atoms with E-state index in [4.69, 9.17) is 92.3 Å². The van der Waals surface area contributed by atoms with Crippen LogP contribution in [0.3, 0.4) is 0 Å². The number of rotatable bonds is 19. The molecule has 0 aliphatic rings. The Morgan fingerprint density at radius 1 is 0.511 bits per heavy atom. The van der Waals surface area contributed by atoms with Gasteiger partial charge in [0.2, 0.25) is 29.4 Å². The zero-order chi connectivity index (χ0) is 99.5. The second-order valence-electron chi connectivity index (χ2n) is 25.5. The molecule has 0 saturated carbocycles. The number of ether oxygens (including phenoxy) is 3. The number of aromatic nitrogens is 4. The number of anilines is 5. The molecule has 0 fully saturated rings. The van der Waals surface area contributed by atoms with Gasteiger partial charge in [0, 0.05) is 85.3 Å². The number of nitrogens with one attached hydrogen (secondary N) is 5. The molecule has 6 amide bonds. The van der Waals surface area contributed by atoms with Crippen molar-refractivity contribution in [3.63, 3.8) is 0 Å². The molecule has 2 atom stereocenters. The topological polar surface area (TPSA) is 856 Å². The Morgan fingerprint density at radius 2 is 0.910 bits per heavy atom. The highest BCUT2D eigenvalue weighted by Gasteiger charge is 2.29. The standard InChI is InChI=1S/C17H13N5O4.C11H9N3O5.C11H11N3O3.C10H9N3O3.C8H6ClNO.C8H6FNO4.C7H4FNO4.C7H6N2O2.C3H4N2O/c18-14-13(15(19)23)9-3-1-7(5-11(9)21-14)16(24)20-8-2-4-10-12(6-8)26-17(25)22-10;1-19-11(16)6-2-3-7(8(5-12)10(13)15)9(4-6)14(17)18;1-17-11(16)6-2-3-7(9(13)4-6)8(5-12)10(14)15;11-8-7(9(12)14)5-2-1-4(10(15)16)3-6(5)13-8;9-7-1-3-8(4-2-7)10-5-6-11;1-14-8(11)5-2-3-6(9)7(4-5)10(12)13;8-5-2-1-4(7(10)11)3-6(5)9(12)13;8-4-1-2-5-6(3-4)11-7(10)9-5;4-2-1-3(5)6/h1-6,21H,18H2,(H2,19,23)(H,20,24)(H,22,25);2-4,8H,1H3,(H2,13,15);2-4,8H,13H2,1H3,(H2,14,15);1-3,13H,11H2,(H2,12,14)(H,15,16);1-6H;2-4H,1H3;1-3H,(H,10,11);1-3H,8H2,(H,9,10);1H2,(H2,5,6). The van der Waals surface area contributed by atoms with Crippen LogP contribution in [0, 0.1) is 76.0 Å². The van der Waals surface area contributed by atoms with Crippen LogP contribution in [0.2, 0.25) is 5.02 Å². The lowest BCUT2D eigenvalue weighted by Gasteiger charge is -2.09. The van der Waals surface area contributed by atoms with Crippen LogP contribution in [0.5, 0.6) is 0 Å². The molecule has 133 heavy (non-hydrogen) atoms. The molecule has 25 N–H and O–H groups in total. The number of carbonyl (C=O) groups excluding carboxylic acids is 10. The molecule has 48 nitrogen and oxygen atoms in total. The van der Waals surface area contributed by atoms with Crippen molar-refractivity contribution in [2.24, 2.45) is 33.7 Å². The maximum Gasteiger partial charge on any atom is 0.417 e. The van der Waals surface area contributed by atoms with Crippen molar-refractivity contribution in [3.8, 4) is 18.2 Å². The fourth-order valence-corrected chi connectivity index (χ4v) is 10.8. The summed E-state index contributed by atoms with van der Waals surface area (Å²) >= 11 is 5.62. The number of nitro groups is 3. The molecule has 0 spiro atoms. The van der Waals surface area contributed by atoms with Gasteiger partial charge in [-0.15, -0.1) is 0 Å². The van der Waals surface area contributed by atoms with E-state index in [2.05, 4.69) is 50.2 Å². The van der Waals surface area contributed by atoms with E-state index in [1.807, 2.05) is 0 Å². The predicted molar refractivity (Wildman–Crippen MR) is 467 cm³/mol. The third kappa shape index (κ3) is 29.4. The van der Waals surface area contributed by atoms with E-state index in [0.29, 0.717) is 78.3 Å². The molecular weight excluding hydrogens is 1780 g/mol. The molecule has 13 aromatic rings. The lowest BCUT2D eigenvalue weighted by molar-refractivity contribution is -0.387. The largest absolute Gasteiger partial charge is 0.478 e. The van der Waals surface area contributed by atoms with Crippen molar-refractivity contribution >= 4 is 185 Å². The highest BCUT2D eigenvalue weighted by Crippen LogP contribution is 2.31. The molecular formula is C82H68ClF2N21O27. The number of nitrogens with two attached hydrogens (primary N) is 9. The second-order valence-corrected chi connectivity index (χ2v) is 25.9. The van der Waals surface area contributed by atoms with E-state index >= 15 is 0 Å². The van der Waals surface area contributed by atoms with Crippen molar-refractivity contribution < 1.29 is 114 Å². The van der Waals surface area contributed by atoms with Gasteiger partial charge in [0.05, 0.1) is 122 Å². The number of nitro benzene ring substituents is 3. The number of methoxy groups -OCH3 is 3. The Bertz CT molecular complexity index is 7000. The molecule has 0 radical (unpaired) electrons. The number of aldehydes is 1. The van der Waals surface area contributed by atoms with Gasteiger partial charge in [-0.3, -0.25) is 78.9 Å². The Kier molecular flexibility index (Phi) is 37.7. The van der Waals surface area contributed by atoms with Crippen molar-refractivity contribution in [2.45, 2.75) is 18.3 Å². The van der Waals surface area contributed by atoms with E-state index in [1.54, 1.807) is 97.1 Å². The quantitative estimate of drug-likeness (QED) is 0.00693. The predicted octanol–water partition coefficient (Wildman–Crippen LogP) is 7.99. The first-order valence-electron chi connectivity index (χ1n) is 36.1. The summed E-state index contributed by atoms with van der Waals surface area (Å²) in [5.74, 6) is -13.8. The van der Waals surface area contributed by atoms with Crippen LogP contribution >= 0.6 is 11.6 Å². The minimum absolute atomic E-state index is 0.0550. The number of esters is 3. The van der Waals surface area contributed by atoms with E-state index in [-0.39, 0.29) is 79.7 Å². The number of halogens is 3. The first-order valence-corrected chi connectivity index (χ1v) is 36.5. The SMILES string of the molecule is COC(=O)c1ccc(C(C#N)C(N)=O)c(N)c1.COC(=O)c1ccc(C(C#N)C(N)=O)c([N+](=O)[O-])c1.COC(=O)c1ccc(F)c([N+](=O)[O-])c1.N#CCC(N)=O.NC(=O)c1c(N)[nH]c2cc(C(=O)Nc3ccc4[nH]c(=O)oc4c3)ccc12.NC(=O)c1c(N)[nH]c2cc(C(=O)O)ccc12.Nc1ccc2[nH]c(=O)oc2c1.O=C(O)c1ccc(F)c([N+](=O)[O-])c1.O=CC=Nc1ccc(Cl)cc1. The van der Waals surface area contributed by atoms with Gasteiger partial charge in [0.1, 0.15) is 18.1 Å². The van der Waals surface area contributed by atoms with Crippen LogP contribution in [0.25, 0.3) is 44.0 Å². The van der Waals surface area contributed by atoms with Crippen LogP contribution in [0.4, 0.5) is 60.2 Å². The summed E-state index contributed by atoms with van der Waals surface area (Å²) in [6, 6.07) is 43.4. The number of hydrogen-bond donors (Lipinski definition) is 16. The molecule has 0 aliphatic carbocycles. The molecule has 2 unspecified atom stereocenters. The Hall–Kier alpha value is -19.9. The Labute approximate surface area is 745 Å². The Morgan fingerprint density at radius 3 is 1.32 bits per heavy atom. The van der Waals surface area contributed by atoms with E-state index < -0.39 is 126 Å². The minimum atomic E-state index is -1.45. The number of oxazole rings is 2. The normalized spacial score (nSPS) is 10.4. The van der Waals surface area contributed by atoms with E-state index in [0.717, 1.165) is 62.4 Å². The number of carbonyl (C=O) groups is 12. The average molecular weight is 1850 g/mol. The van der Waals surface area contributed by atoms with Crippen molar-refractivity contribution in [3.05, 3.63) is 294 Å². The number of aromatic carboxylic acids is 2. The van der Waals surface area contributed by atoms with Gasteiger partial charge in [-0.25, -0.2) is 33.6 Å². The molecule has 0 saturated heterocycles. The molecule has 9 aromatic carbocycles. The average Bonchev–Trinajstić information content (AvgIpc) is 1.64. The van der Waals surface area contributed by atoms with Gasteiger partial charge < -0.3 is 100 Å². The van der Waals surface area contributed by atoms with Crippen molar-refractivity contribution in [1.82, 2.24) is 19.9 Å². The maximum absolute atomic E-state index is 12.8. The summed E-state index contributed by atoms with van der Waals surface area (Å²) in [7, 11) is 3.51. The van der Waals surface area contributed by atoms with Crippen LogP contribution in [0.1, 0.15) is 112 Å². The number of nitrogens with zero attached hydrogens (tertiary/aromatic N) is 7. The Balaban J connectivity index is 0.000000270. The number of nitriles is 3. The lowest BCUT2D eigenvalue weighted by Crippen LogP contribution is -2.21. The highest BCUT2D eigenvalue weighted by atomic mass is 35.5. The fourth-order valence-electron chi connectivity index (χ4n) is 10.7. The molecule has 0 aliphatic heterocycles. The third-order valence-corrected chi connectivity index (χ3v) is 17.0. The summed E-state index contributed by atoms with van der Waals surface area (Å²) in [6.07, 6.45) is 1.65. The fraction of sp³-hybridized carbons (Fsp3) is 0.0732. The summed E-state index contributed by atoms with van der Waals surface area (Å²) in [4.78, 5) is 196. The van der Waals surface area contributed by atoms with Gasteiger partial charge in [-0.1, -0.05) is 29.8 Å². The number of nitrogen functional groups attached to an aromatic ring is 4. The highest BCUT2D eigenvalue weighted by molar-refractivity contribution is 6.30. The van der Waals surface area contributed by atoms with E-state index in [9.17, 15) is 106 Å². The zero-order valence-corrected chi connectivity index (χ0v) is 69.0. The number of carboxylic acids is 2. The first-order chi connectivity index (χ1) is 62.8. The van der Waals surface area contributed by atoms with Gasteiger partial charge in [0.15, 0.2) is 29.3 Å². The van der Waals surface area contributed by atoms with Crippen LogP contribution in [-0.2, 0) is 33.4 Å². The number of aromatic amines is 4. The number of hydrogen-bond acceptors (Lipinski definition) is 33. The van der Waals surface area contributed by atoms with Crippen LogP contribution < -0.4 is 68.4 Å². The van der Waals surface area contributed by atoms with E-state index in [1.165, 1.54) is 55.8 Å².